The average Bonchev–Trinajstić information content (AvgIpc) is 2.62. The van der Waals surface area contributed by atoms with E-state index >= 15 is 0 Å². The van der Waals surface area contributed by atoms with Crippen LogP contribution in [-0.2, 0) is 21.5 Å². The van der Waals surface area contributed by atoms with E-state index in [9.17, 15) is 23.5 Å². The summed E-state index contributed by atoms with van der Waals surface area (Å²) in [6.07, 6.45) is 0.512. The van der Waals surface area contributed by atoms with E-state index in [0.29, 0.717) is 31.6 Å². The first-order valence-corrected chi connectivity index (χ1v) is 8.57. The van der Waals surface area contributed by atoms with E-state index in [-0.39, 0.29) is 17.5 Å². The molecule has 0 saturated carbocycles. The second-order valence-electron chi connectivity index (χ2n) is 6.51. The van der Waals surface area contributed by atoms with Gasteiger partial charge < -0.3 is 15.2 Å². The fourth-order valence-corrected chi connectivity index (χ4v) is 3.43. The summed E-state index contributed by atoms with van der Waals surface area (Å²) in [5.74, 6) is -2.98. The minimum absolute atomic E-state index is 0.0432. The van der Waals surface area contributed by atoms with Crippen molar-refractivity contribution in [2.45, 2.75) is 24.8 Å². The van der Waals surface area contributed by atoms with Crippen LogP contribution in [0.1, 0.15) is 34.3 Å². The summed E-state index contributed by atoms with van der Waals surface area (Å²) in [4.78, 5) is 24.0. The van der Waals surface area contributed by atoms with Gasteiger partial charge in [0.2, 0.25) is 5.91 Å². The summed E-state index contributed by atoms with van der Waals surface area (Å²) in [5, 5.41) is 12.1. The molecule has 1 heterocycles. The first-order chi connectivity index (χ1) is 12.9. The number of rotatable bonds is 5. The van der Waals surface area contributed by atoms with Crippen LogP contribution >= 0.6 is 0 Å². The predicted molar refractivity (Wildman–Crippen MR) is 93.3 cm³/mol. The molecule has 0 aliphatic carbocycles. The molecule has 2 aromatic rings. The summed E-state index contributed by atoms with van der Waals surface area (Å²) in [6, 6.07) is 9.51. The fourth-order valence-electron chi connectivity index (χ4n) is 3.43. The SMILES string of the molecule is O=C(Cc1ccccc1C(=O)O)NC1(c2ccc(F)cc2F)CCOCC1. The number of carbonyl (C=O) groups excluding carboxylic acids is 1. The van der Waals surface area contributed by atoms with Crippen molar-refractivity contribution >= 4 is 11.9 Å². The smallest absolute Gasteiger partial charge is 0.335 e. The molecule has 2 N–H and O–H groups in total. The summed E-state index contributed by atoms with van der Waals surface area (Å²) < 4.78 is 33.1. The molecule has 0 radical (unpaired) electrons. The van der Waals surface area contributed by atoms with E-state index in [1.807, 2.05) is 0 Å². The van der Waals surface area contributed by atoms with Crippen LogP contribution in [0.3, 0.4) is 0 Å². The summed E-state index contributed by atoms with van der Waals surface area (Å²) >= 11 is 0. The van der Waals surface area contributed by atoms with Gasteiger partial charge in [-0.05, 0) is 30.5 Å². The molecule has 0 atom stereocenters. The number of carboxylic acids is 1. The molecule has 3 rings (SSSR count). The first-order valence-electron chi connectivity index (χ1n) is 8.57. The lowest BCUT2D eigenvalue weighted by Crippen LogP contribution is -2.50. The van der Waals surface area contributed by atoms with E-state index in [1.165, 1.54) is 12.1 Å². The molecule has 1 aliphatic heterocycles. The molecule has 1 saturated heterocycles. The van der Waals surface area contributed by atoms with Crippen molar-refractivity contribution in [1.29, 1.82) is 0 Å². The number of nitrogens with one attached hydrogen (secondary N) is 1. The molecule has 1 amide bonds. The van der Waals surface area contributed by atoms with Crippen LogP contribution in [0.4, 0.5) is 8.78 Å². The topological polar surface area (TPSA) is 75.6 Å². The Morgan fingerprint density at radius 1 is 1.11 bits per heavy atom. The number of ether oxygens (including phenoxy) is 1. The van der Waals surface area contributed by atoms with Gasteiger partial charge in [0.15, 0.2) is 0 Å². The third-order valence-corrected chi connectivity index (χ3v) is 4.77. The van der Waals surface area contributed by atoms with Crippen LogP contribution in [0.2, 0.25) is 0 Å². The number of halogens is 2. The molecular formula is C20H19F2NO4. The lowest BCUT2D eigenvalue weighted by molar-refractivity contribution is -0.123. The van der Waals surface area contributed by atoms with Gasteiger partial charge in [0.05, 0.1) is 17.5 Å². The molecular weight excluding hydrogens is 356 g/mol. The molecule has 7 heteroatoms. The van der Waals surface area contributed by atoms with E-state index < -0.39 is 29.0 Å². The molecule has 0 unspecified atom stereocenters. The zero-order valence-electron chi connectivity index (χ0n) is 14.5. The minimum atomic E-state index is -1.12. The van der Waals surface area contributed by atoms with Crippen molar-refractivity contribution in [3.8, 4) is 0 Å². The van der Waals surface area contributed by atoms with Crippen molar-refractivity contribution in [3.05, 3.63) is 70.8 Å². The Balaban J connectivity index is 1.87. The molecule has 0 bridgehead atoms. The van der Waals surface area contributed by atoms with Crippen molar-refractivity contribution in [2.24, 2.45) is 0 Å². The zero-order chi connectivity index (χ0) is 19.4. The van der Waals surface area contributed by atoms with Crippen LogP contribution < -0.4 is 5.32 Å². The zero-order valence-corrected chi connectivity index (χ0v) is 14.5. The van der Waals surface area contributed by atoms with Crippen molar-refractivity contribution in [2.75, 3.05) is 13.2 Å². The second kappa shape index (κ2) is 7.84. The van der Waals surface area contributed by atoms with Gasteiger partial charge in [-0.25, -0.2) is 13.6 Å². The lowest BCUT2D eigenvalue weighted by atomic mass is 9.82. The average molecular weight is 375 g/mol. The van der Waals surface area contributed by atoms with Gasteiger partial charge in [-0.2, -0.15) is 0 Å². The van der Waals surface area contributed by atoms with Gasteiger partial charge in [-0.3, -0.25) is 4.79 Å². The Bertz CT molecular complexity index is 863. The van der Waals surface area contributed by atoms with Gasteiger partial charge >= 0.3 is 5.97 Å². The second-order valence-corrected chi connectivity index (χ2v) is 6.51. The molecule has 1 aliphatic rings. The van der Waals surface area contributed by atoms with E-state index in [2.05, 4.69) is 5.32 Å². The summed E-state index contributed by atoms with van der Waals surface area (Å²) in [5.41, 5.74) is -0.413. The maximum absolute atomic E-state index is 14.4. The Hall–Kier alpha value is -2.80. The highest BCUT2D eigenvalue weighted by molar-refractivity contribution is 5.91. The van der Waals surface area contributed by atoms with Crippen LogP contribution in [0.25, 0.3) is 0 Å². The number of carbonyl (C=O) groups is 2. The Morgan fingerprint density at radius 2 is 1.81 bits per heavy atom. The third-order valence-electron chi connectivity index (χ3n) is 4.77. The highest BCUT2D eigenvalue weighted by atomic mass is 19.1. The Morgan fingerprint density at radius 3 is 2.48 bits per heavy atom. The van der Waals surface area contributed by atoms with E-state index in [0.717, 1.165) is 12.1 Å². The van der Waals surface area contributed by atoms with Crippen molar-refractivity contribution in [3.63, 3.8) is 0 Å². The van der Waals surface area contributed by atoms with E-state index in [1.54, 1.807) is 18.2 Å². The summed E-state index contributed by atoms with van der Waals surface area (Å²) in [6.45, 7) is 0.644. The van der Waals surface area contributed by atoms with Crippen LogP contribution in [0, 0.1) is 11.6 Å². The predicted octanol–water partition coefficient (Wildman–Crippen LogP) is 3.03. The number of hydrogen-bond acceptors (Lipinski definition) is 3. The lowest BCUT2D eigenvalue weighted by Gasteiger charge is -2.38. The van der Waals surface area contributed by atoms with Crippen LogP contribution in [0.5, 0.6) is 0 Å². The normalized spacial score (nSPS) is 15.9. The van der Waals surface area contributed by atoms with Gasteiger partial charge in [-0.1, -0.05) is 24.3 Å². The molecule has 5 nitrogen and oxygen atoms in total. The Labute approximate surface area is 155 Å². The standard InChI is InChI=1S/C20H19F2NO4/c21-14-5-6-16(17(22)12-14)20(7-9-27-10-8-20)23-18(24)11-13-3-1-2-4-15(13)19(25)26/h1-6,12H,7-11H2,(H,23,24)(H,25,26). The molecule has 2 aromatic carbocycles. The molecule has 142 valence electrons. The molecule has 0 aromatic heterocycles. The first kappa shape index (κ1) is 19.0. The molecule has 27 heavy (non-hydrogen) atoms. The highest BCUT2D eigenvalue weighted by Gasteiger charge is 2.38. The highest BCUT2D eigenvalue weighted by Crippen LogP contribution is 2.34. The maximum Gasteiger partial charge on any atom is 0.335 e. The molecule has 1 fully saturated rings. The van der Waals surface area contributed by atoms with Crippen molar-refractivity contribution in [1.82, 2.24) is 5.32 Å². The fraction of sp³-hybridized carbons (Fsp3) is 0.300. The van der Waals surface area contributed by atoms with Crippen molar-refractivity contribution < 1.29 is 28.2 Å². The largest absolute Gasteiger partial charge is 0.478 e. The van der Waals surface area contributed by atoms with Gasteiger partial charge in [0.1, 0.15) is 11.6 Å². The monoisotopic (exact) mass is 375 g/mol. The number of hydrogen-bond donors (Lipinski definition) is 2. The van der Waals surface area contributed by atoms with Crippen LogP contribution in [-0.4, -0.2) is 30.2 Å². The number of benzene rings is 2. The Kier molecular flexibility index (Phi) is 5.51. The number of aromatic carboxylic acids is 1. The molecule has 0 spiro atoms. The maximum atomic E-state index is 14.4. The van der Waals surface area contributed by atoms with Gasteiger partial charge in [0.25, 0.3) is 0 Å². The number of amides is 1. The third kappa shape index (κ3) is 4.14. The van der Waals surface area contributed by atoms with Gasteiger partial charge in [-0.15, -0.1) is 0 Å². The quantitative estimate of drug-likeness (QED) is 0.842. The number of carboxylic acid groups (broad SMARTS) is 1. The van der Waals surface area contributed by atoms with Gasteiger partial charge in [0, 0.05) is 24.8 Å². The van der Waals surface area contributed by atoms with E-state index in [4.69, 9.17) is 4.74 Å². The summed E-state index contributed by atoms with van der Waals surface area (Å²) in [7, 11) is 0. The van der Waals surface area contributed by atoms with Crippen LogP contribution in [0.15, 0.2) is 42.5 Å². The minimum Gasteiger partial charge on any atom is -0.478 e.